The van der Waals surface area contributed by atoms with E-state index in [0.717, 1.165) is 30.6 Å². The van der Waals surface area contributed by atoms with Crippen LogP contribution in [0.2, 0.25) is 0 Å². The summed E-state index contributed by atoms with van der Waals surface area (Å²) >= 11 is 0. The zero-order valence-electron chi connectivity index (χ0n) is 12.2. The van der Waals surface area contributed by atoms with Gasteiger partial charge in [0.05, 0.1) is 0 Å². The summed E-state index contributed by atoms with van der Waals surface area (Å²) < 4.78 is 0. The molecule has 0 atom stereocenters. The Bertz CT molecular complexity index is 410. The Morgan fingerprint density at radius 1 is 1.06 bits per heavy atom. The smallest absolute Gasteiger partial charge is 0.128 e. The SMILES string of the molecule is CCNc1cccc(NCC2C(C)(C)C2(C)C)n1. The number of hydrogen-bond acceptors (Lipinski definition) is 3. The maximum Gasteiger partial charge on any atom is 0.128 e. The predicted molar refractivity (Wildman–Crippen MR) is 77.9 cm³/mol. The van der Waals surface area contributed by atoms with Crippen molar-refractivity contribution in [3.63, 3.8) is 0 Å². The first-order chi connectivity index (χ1) is 8.39. The first kappa shape index (κ1) is 13.2. The predicted octanol–water partition coefficient (Wildman–Crippen LogP) is 3.61. The van der Waals surface area contributed by atoms with Gasteiger partial charge in [0.25, 0.3) is 0 Å². The van der Waals surface area contributed by atoms with Crippen LogP contribution in [0, 0.1) is 16.7 Å². The molecule has 1 heterocycles. The minimum absolute atomic E-state index is 0.430. The quantitative estimate of drug-likeness (QED) is 0.834. The Kier molecular flexibility index (Phi) is 3.26. The molecule has 0 radical (unpaired) electrons. The lowest BCUT2D eigenvalue weighted by Gasteiger charge is -2.09. The monoisotopic (exact) mass is 247 g/mol. The van der Waals surface area contributed by atoms with Crippen LogP contribution in [0.1, 0.15) is 34.6 Å². The van der Waals surface area contributed by atoms with Crippen LogP contribution in [0.4, 0.5) is 11.6 Å². The van der Waals surface area contributed by atoms with Crippen LogP contribution in [0.15, 0.2) is 18.2 Å². The van der Waals surface area contributed by atoms with Gasteiger partial charge in [-0.3, -0.25) is 0 Å². The van der Waals surface area contributed by atoms with Gasteiger partial charge in [0, 0.05) is 13.1 Å². The average molecular weight is 247 g/mol. The third-order valence-electron chi connectivity index (χ3n) is 4.91. The lowest BCUT2D eigenvalue weighted by atomic mass is 10.0. The van der Waals surface area contributed by atoms with Crippen molar-refractivity contribution in [1.29, 1.82) is 0 Å². The highest BCUT2D eigenvalue weighted by Crippen LogP contribution is 2.68. The number of nitrogens with one attached hydrogen (secondary N) is 2. The Morgan fingerprint density at radius 3 is 2.11 bits per heavy atom. The molecule has 1 fully saturated rings. The van der Waals surface area contributed by atoms with Gasteiger partial charge in [-0.15, -0.1) is 0 Å². The van der Waals surface area contributed by atoms with Gasteiger partial charge >= 0.3 is 0 Å². The zero-order valence-corrected chi connectivity index (χ0v) is 12.2. The van der Waals surface area contributed by atoms with Crippen molar-refractivity contribution in [2.75, 3.05) is 23.7 Å². The van der Waals surface area contributed by atoms with E-state index in [1.54, 1.807) is 0 Å². The van der Waals surface area contributed by atoms with Crippen molar-refractivity contribution in [3.8, 4) is 0 Å². The van der Waals surface area contributed by atoms with Crippen molar-refractivity contribution in [2.45, 2.75) is 34.6 Å². The van der Waals surface area contributed by atoms with Crippen LogP contribution in [0.3, 0.4) is 0 Å². The first-order valence-corrected chi connectivity index (χ1v) is 6.84. The fourth-order valence-electron chi connectivity index (χ4n) is 2.86. The van der Waals surface area contributed by atoms with E-state index in [1.165, 1.54) is 0 Å². The fourth-order valence-corrected chi connectivity index (χ4v) is 2.86. The molecule has 2 N–H and O–H groups in total. The molecule has 1 aromatic heterocycles. The second-order valence-electron chi connectivity index (χ2n) is 6.32. The summed E-state index contributed by atoms with van der Waals surface area (Å²) in [6.07, 6.45) is 0. The maximum atomic E-state index is 4.54. The molecule has 0 saturated heterocycles. The van der Waals surface area contributed by atoms with E-state index in [-0.39, 0.29) is 0 Å². The van der Waals surface area contributed by atoms with E-state index in [4.69, 9.17) is 0 Å². The average Bonchev–Trinajstić information content (AvgIpc) is 2.68. The van der Waals surface area contributed by atoms with Gasteiger partial charge in [0.2, 0.25) is 0 Å². The van der Waals surface area contributed by atoms with Crippen molar-refractivity contribution in [1.82, 2.24) is 4.98 Å². The molecule has 0 unspecified atom stereocenters. The Hall–Kier alpha value is -1.25. The molecular formula is C15H25N3. The molecule has 0 aliphatic heterocycles. The second-order valence-corrected chi connectivity index (χ2v) is 6.32. The van der Waals surface area contributed by atoms with Gasteiger partial charge in [0.15, 0.2) is 0 Å². The number of aromatic nitrogens is 1. The molecule has 100 valence electrons. The molecule has 1 aliphatic carbocycles. The Morgan fingerprint density at radius 2 is 1.61 bits per heavy atom. The third-order valence-corrected chi connectivity index (χ3v) is 4.91. The largest absolute Gasteiger partial charge is 0.370 e. The molecule has 0 amide bonds. The molecule has 1 aliphatic rings. The van der Waals surface area contributed by atoms with Crippen LogP contribution in [0.5, 0.6) is 0 Å². The minimum Gasteiger partial charge on any atom is -0.370 e. The van der Waals surface area contributed by atoms with Crippen LogP contribution >= 0.6 is 0 Å². The van der Waals surface area contributed by atoms with E-state index in [2.05, 4.69) is 50.2 Å². The summed E-state index contributed by atoms with van der Waals surface area (Å²) in [7, 11) is 0. The van der Waals surface area contributed by atoms with Crippen molar-refractivity contribution < 1.29 is 0 Å². The van der Waals surface area contributed by atoms with E-state index >= 15 is 0 Å². The van der Waals surface area contributed by atoms with Gasteiger partial charge in [-0.1, -0.05) is 33.8 Å². The van der Waals surface area contributed by atoms with Gasteiger partial charge in [0.1, 0.15) is 11.6 Å². The molecule has 0 aromatic carbocycles. The lowest BCUT2D eigenvalue weighted by molar-refractivity contribution is 0.457. The summed E-state index contributed by atoms with van der Waals surface area (Å²) in [5.74, 6) is 2.62. The maximum absolute atomic E-state index is 4.54. The number of pyridine rings is 1. The van der Waals surface area contributed by atoms with Crippen LogP contribution in [-0.2, 0) is 0 Å². The zero-order chi connectivity index (χ0) is 13.4. The van der Waals surface area contributed by atoms with Gasteiger partial charge in [-0.2, -0.15) is 0 Å². The number of hydrogen-bond donors (Lipinski definition) is 2. The van der Waals surface area contributed by atoms with E-state index < -0.39 is 0 Å². The number of nitrogens with zero attached hydrogens (tertiary/aromatic N) is 1. The standard InChI is InChI=1S/C15H25N3/c1-6-16-12-8-7-9-13(18-12)17-10-11-14(2,3)15(11,4)5/h7-9,11H,6,10H2,1-5H3,(H2,16,17,18). The van der Waals surface area contributed by atoms with Crippen LogP contribution in [-0.4, -0.2) is 18.1 Å². The van der Waals surface area contributed by atoms with Crippen molar-refractivity contribution in [3.05, 3.63) is 18.2 Å². The molecule has 2 rings (SSSR count). The topological polar surface area (TPSA) is 37.0 Å². The summed E-state index contributed by atoms with van der Waals surface area (Å²) in [4.78, 5) is 4.54. The molecule has 0 spiro atoms. The Balaban J connectivity index is 1.94. The Labute approximate surface area is 110 Å². The molecule has 0 bridgehead atoms. The van der Waals surface area contributed by atoms with Crippen molar-refractivity contribution in [2.24, 2.45) is 16.7 Å². The lowest BCUT2D eigenvalue weighted by Crippen LogP contribution is -2.10. The van der Waals surface area contributed by atoms with Crippen molar-refractivity contribution >= 4 is 11.6 Å². The summed E-state index contributed by atoms with van der Waals surface area (Å²) in [6, 6.07) is 6.07. The highest BCUT2D eigenvalue weighted by atomic mass is 15.1. The van der Waals surface area contributed by atoms with E-state index in [0.29, 0.717) is 10.8 Å². The van der Waals surface area contributed by atoms with Gasteiger partial charge in [-0.05, 0) is 35.8 Å². The molecule has 18 heavy (non-hydrogen) atoms. The number of rotatable bonds is 5. The molecule has 1 saturated carbocycles. The molecule has 3 heteroatoms. The molecule has 1 aromatic rings. The van der Waals surface area contributed by atoms with Gasteiger partial charge < -0.3 is 10.6 Å². The normalized spacial score (nSPS) is 20.5. The second kappa shape index (κ2) is 4.45. The van der Waals surface area contributed by atoms with Gasteiger partial charge in [-0.25, -0.2) is 4.98 Å². The highest BCUT2D eigenvalue weighted by molar-refractivity contribution is 5.45. The van der Waals surface area contributed by atoms with Crippen LogP contribution < -0.4 is 10.6 Å². The van der Waals surface area contributed by atoms with Crippen LogP contribution in [0.25, 0.3) is 0 Å². The summed E-state index contributed by atoms with van der Waals surface area (Å²) in [5, 5.41) is 6.70. The minimum atomic E-state index is 0.430. The summed E-state index contributed by atoms with van der Waals surface area (Å²) in [5.41, 5.74) is 0.860. The highest BCUT2D eigenvalue weighted by Gasteiger charge is 2.64. The first-order valence-electron chi connectivity index (χ1n) is 6.84. The molecule has 3 nitrogen and oxygen atoms in total. The summed E-state index contributed by atoms with van der Waals surface area (Å²) in [6.45, 7) is 13.4. The van der Waals surface area contributed by atoms with E-state index in [9.17, 15) is 0 Å². The number of anilines is 2. The fraction of sp³-hybridized carbons (Fsp3) is 0.667. The molecular weight excluding hydrogens is 222 g/mol. The third kappa shape index (κ3) is 2.18. The van der Waals surface area contributed by atoms with E-state index in [1.807, 2.05) is 18.2 Å².